The minimum Gasteiger partial charge on any atom is -0.497 e. The van der Waals surface area contributed by atoms with Crippen LogP contribution in [0.4, 0.5) is 17.1 Å². The standard InChI is InChI=1S/C27H31N3O4S/c1-34-22-8-6-7-21(17-22)26(31)19-29-15-13-20(14-16-29)18-30-25-11-4-2-9-23(25)28-24-10-3-5-12-27(24)35(30,32)33/h2-12,17,20,26,28,31H,13-16,18-19H2,1H3/t26-/m0/s1. The number of ether oxygens (including phenoxy) is 1. The van der Waals surface area contributed by atoms with Gasteiger partial charge in [-0.25, -0.2) is 8.42 Å². The highest BCUT2D eigenvalue weighted by atomic mass is 32.2. The summed E-state index contributed by atoms with van der Waals surface area (Å²) in [5.74, 6) is 0.962. The van der Waals surface area contributed by atoms with Gasteiger partial charge in [-0.1, -0.05) is 36.4 Å². The second-order valence-corrected chi connectivity index (χ2v) is 11.0. The van der Waals surface area contributed by atoms with Gasteiger partial charge in [-0.15, -0.1) is 0 Å². The molecule has 184 valence electrons. The van der Waals surface area contributed by atoms with Crippen LogP contribution in [0.2, 0.25) is 0 Å². The Hall–Kier alpha value is -3.07. The molecule has 0 unspecified atom stereocenters. The molecule has 0 amide bonds. The summed E-state index contributed by atoms with van der Waals surface area (Å²) in [5.41, 5.74) is 2.91. The van der Waals surface area contributed by atoms with Gasteiger partial charge < -0.3 is 20.1 Å². The zero-order chi connectivity index (χ0) is 24.4. The number of nitrogens with zero attached hydrogens (tertiary/aromatic N) is 2. The first kappa shape index (κ1) is 23.7. The lowest BCUT2D eigenvalue weighted by molar-refractivity contribution is 0.0903. The Morgan fingerprint density at radius 2 is 1.71 bits per heavy atom. The number of rotatable bonds is 6. The zero-order valence-electron chi connectivity index (χ0n) is 19.8. The van der Waals surface area contributed by atoms with Crippen molar-refractivity contribution in [1.82, 2.24) is 4.90 Å². The molecule has 0 spiro atoms. The average Bonchev–Trinajstić information content (AvgIpc) is 2.97. The van der Waals surface area contributed by atoms with Crippen molar-refractivity contribution in [2.75, 3.05) is 42.9 Å². The van der Waals surface area contributed by atoms with Crippen LogP contribution >= 0.6 is 0 Å². The number of hydrogen-bond acceptors (Lipinski definition) is 6. The van der Waals surface area contributed by atoms with Crippen LogP contribution in [-0.2, 0) is 10.0 Å². The van der Waals surface area contributed by atoms with Gasteiger partial charge in [0, 0.05) is 13.1 Å². The first-order chi connectivity index (χ1) is 17.0. The van der Waals surface area contributed by atoms with Crippen LogP contribution in [0.1, 0.15) is 24.5 Å². The molecule has 0 bridgehead atoms. The normalized spacial score (nSPS) is 18.6. The number of anilines is 3. The van der Waals surface area contributed by atoms with Gasteiger partial charge in [-0.3, -0.25) is 4.31 Å². The second kappa shape index (κ2) is 9.89. The maximum atomic E-state index is 13.7. The van der Waals surface area contributed by atoms with Gasteiger partial charge in [0.05, 0.1) is 30.3 Å². The van der Waals surface area contributed by atoms with Crippen LogP contribution in [0.5, 0.6) is 5.75 Å². The lowest BCUT2D eigenvalue weighted by Crippen LogP contribution is -2.42. The molecular formula is C27H31N3O4S. The Bertz CT molecular complexity index is 1290. The number of benzene rings is 3. The number of para-hydroxylation sites is 3. The van der Waals surface area contributed by atoms with Crippen molar-refractivity contribution in [3.8, 4) is 5.75 Å². The third-order valence-corrected chi connectivity index (χ3v) is 8.78. The van der Waals surface area contributed by atoms with Crippen molar-refractivity contribution >= 4 is 27.1 Å². The molecule has 0 radical (unpaired) electrons. The molecule has 8 heteroatoms. The SMILES string of the molecule is COc1cccc([C@@H](O)CN2CCC(CN3c4ccccc4Nc4ccccc4S3(=O)=O)CC2)c1. The smallest absolute Gasteiger partial charge is 0.266 e. The average molecular weight is 494 g/mol. The quantitative estimate of drug-likeness (QED) is 0.530. The molecule has 1 fully saturated rings. The van der Waals surface area contributed by atoms with Gasteiger partial charge in [0.2, 0.25) is 0 Å². The van der Waals surface area contributed by atoms with Crippen molar-refractivity contribution < 1.29 is 18.3 Å². The van der Waals surface area contributed by atoms with Crippen LogP contribution in [-0.4, -0.2) is 51.7 Å². The molecule has 2 heterocycles. The van der Waals surface area contributed by atoms with E-state index in [9.17, 15) is 13.5 Å². The third-order valence-electron chi connectivity index (χ3n) is 6.94. The molecular weight excluding hydrogens is 462 g/mol. The summed E-state index contributed by atoms with van der Waals surface area (Å²) in [4.78, 5) is 2.55. The van der Waals surface area contributed by atoms with Gasteiger partial charge in [0.25, 0.3) is 10.0 Å². The highest BCUT2D eigenvalue weighted by Gasteiger charge is 2.34. The van der Waals surface area contributed by atoms with E-state index in [-0.39, 0.29) is 5.92 Å². The Morgan fingerprint density at radius 1 is 1.00 bits per heavy atom. The predicted molar refractivity (Wildman–Crippen MR) is 138 cm³/mol. The first-order valence-electron chi connectivity index (χ1n) is 12.0. The summed E-state index contributed by atoms with van der Waals surface area (Å²) in [6, 6.07) is 22.2. The molecule has 1 saturated heterocycles. The molecule has 7 nitrogen and oxygen atoms in total. The molecule has 35 heavy (non-hydrogen) atoms. The number of fused-ring (bicyclic) bond motifs is 2. The Kier molecular flexibility index (Phi) is 6.69. The van der Waals surface area contributed by atoms with Crippen LogP contribution in [0, 0.1) is 5.92 Å². The van der Waals surface area contributed by atoms with E-state index in [0.717, 1.165) is 42.9 Å². The van der Waals surface area contributed by atoms with Gasteiger partial charge in [-0.2, -0.15) is 0 Å². The van der Waals surface area contributed by atoms with E-state index in [4.69, 9.17) is 4.74 Å². The number of aliphatic hydroxyl groups is 1. The number of β-amino-alcohol motifs (C(OH)–C–C–N with tert-alkyl or cyclic N) is 1. The summed E-state index contributed by atoms with van der Waals surface area (Å²) < 4.78 is 34.3. The number of methoxy groups -OCH3 is 1. The topological polar surface area (TPSA) is 82.1 Å². The molecule has 2 aliphatic heterocycles. The van der Waals surface area contributed by atoms with Crippen LogP contribution in [0.15, 0.2) is 77.7 Å². The molecule has 0 aliphatic carbocycles. The highest BCUT2D eigenvalue weighted by molar-refractivity contribution is 7.93. The minimum atomic E-state index is -3.70. The van der Waals surface area contributed by atoms with E-state index in [0.29, 0.717) is 29.4 Å². The van der Waals surface area contributed by atoms with Gasteiger partial charge in [0.1, 0.15) is 10.6 Å². The monoisotopic (exact) mass is 493 g/mol. The van der Waals surface area contributed by atoms with Gasteiger partial charge >= 0.3 is 0 Å². The fraction of sp³-hybridized carbons (Fsp3) is 0.333. The largest absolute Gasteiger partial charge is 0.497 e. The van der Waals surface area contributed by atoms with E-state index < -0.39 is 16.1 Å². The molecule has 3 aromatic carbocycles. The van der Waals surface area contributed by atoms with E-state index in [2.05, 4.69) is 10.2 Å². The third kappa shape index (κ3) is 4.87. The molecule has 2 aliphatic rings. The van der Waals surface area contributed by atoms with E-state index in [1.54, 1.807) is 29.6 Å². The predicted octanol–water partition coefficient (Wildman–Crippen LogP) is 4.39. The molecule has 3 aromatic rings. The lowest BCUT2D eigenvalue weighted by Gasteiger charge is -2.36. The number of aliphatic hydroxyl groups excluding tert-OH is 1. The molecule has 5 rings (SSSR count). The van der Waals surface area contributed by atoms with E-state index in [1.807, 2.05) is 54.6 Å². The van der Waals surface area contributed by atoms with Crippen LogP contribution in [0.3, 0.4) is 0 Å². The molecule has 2 N–H and O–H groups in total. The minimum absolute atomic E-state index is 0.230. The molecule has 0 aromatic heterocycles. The van der Waals surface area contributed by atoms with Crippen molar-refractivity contribution in [2.45, 2.75) is 23.8 Å². The van der Waals surface area contributed by atoms with Gasteiger partial charge in [0.15, 0.2) is 0 Å². The number of nitrogens with one attached hydrogen (secondary N) is 1. The Morgan fingerprint density at radius 3 is 2.49 bits per heavy atom. The number of likely N-dealkylation sites (tertiary alicyclic amines) is 1. The van der Waals surface area contributed by atoms with Crippen LogP contribution < -0.4 is 14.4 Å². The summed E-state index contributed by atoms with van der Waals surface area (Å²) in [6.45, 7) is 2.61. The maximum absolute atomic E-state index is 13.7. The summed E-state index contributed by atoms with van der Waals surface area (Å²) >= 11 is 0. The van der Waals surface area contributed by atoms with Crippen molar-refractivity contribution in [2.24, 2.45) is 5.92 Å². The summed E-state index contributed by atoms with van der Waals surface area (Å²) in [5, 5.41) is 14.0. The molecule has 0 saturated carbocycles. The van der Waals surface area contributed by atoms with Crippen molar-refractivity contribution in [1.29, 1.82) is 0 Å². The second-order valence-electron chi connectivity index (χ2n) is 9.21. The maximum Gasteiger partial charge on any atom is 0.266 e. The number of sulfonamides is 1. The summed E-state index contributed by atoms with van der Waals surface area (Å²) in [6.07, 6.45) is 1.14. The fourth-order valence-electron chi connectivity index (χ4n) is 4.97. The zero-order valence-corrected chi connectivity index (χ0v) is 20.6. The lowest BCUT2D eigenvalue weighted by atomic mass is 9.96. The van der Waals surface area contributed by atoms with Crippen LogP contribution in [0.25, 0.3) is 0 Å². The fourth-order valence-corrected chi connectivity index (χ4v) is 6.68. The van der Waals surface area contributed by atoms with E-state index in [1.165, 1.54) is 0 Å². The highest BCUT2D eigenvalue weighted by Crippen LogP contribution is 2.40. The van der Waals surface area contributed by atoms with E-state index >= 15 is 0 Å². The summed E-state index contributed by atoms with van der Waals surface area (Å²) in [7, 11) is -2.08. The van der Waals surface area contributed by atoms with Crippen molar-refractivity contribution in [3.05, 3.63) is 78.4 Å². The first-order valence-corrected chi connectivity index (χ1v) is 13.4. The Balaban J connectivity index is 1.29. The molecule has 1 atom stereocenters. The van der Waals surface area contributed by atoms with Crippen molar-refractivity contribution in [3.63, 3.8) is 0 Å². The Labute approximate surface area is 207 Å². The number of hydrogen-bond donors (Lipinski definition) is 2. The number of piperidine rings is 1. The van der Waals surface area contributed by atoms with Gasteiger partial charge in [-0.05, 0) is 73.8 Å².